The topological polar surface area (TPSA) is 46.5 Å². The van der Waals surface area contributed by atoms with Crippen LogP contribution in [0.1, 0.15) is 6.42 Å². The normalized spacial score (nSPS) is 37.8. The fourth-order valence-electron chi connectivity index (χ4n) is 1.54. The zero-order valence-corrected chi connectivity index (χ0v) is 5.86. The van der Waals surface area contributed by atoms with E-state index >= 15 is 0 Å². The Hall–Kier alpha value is -1.25. The van der Waals surface area contributed by atoms with Crippen LogP contribution in [0, 0.1) is 5.92 Å². The van der Waals surface area contributed by atoms with Crippen molar-refractivity contribution in [2.75, 3.05) is 0 Å². The lowest BCUT2D eigenvalue weighted by atomic mass is 10.0. The van der Waals surface area contributed by atoms with Crippen LogP contribution in [0.25, 0.3) is 0 Å². The molecule has 2 rings (SSSR count). The molecule has 2 atom stereocenters. The molecule has 0 spiro atoms. The number of ether oxygens (including phenoxy) is 1. The zero-order valence-electron chi connectivity index (χ0n) is 5.86. The van der Waals surface area contributed by atoms with Gasteiger partial charge in [-0.15, -0.1) is 0 Å². The minimum atomic E-state index is -0.383. The van der Waals surface area contributed by atoms with Crippen molar-refractivity contribution >= 4 is 5.97 Å². The maximum atomic E-state index is 10.9. The van der Waals surface area contributed by atoms with Crippen LogP contribution in [0.15, 0.2) is 24.0 Å². The molecule has 0 aromatic rings. The van der Waals surface area contributed by atoms with Crippen molar-refractivity contribution in [1.29, 1.82) is 0 Å². The molecule has 0 unspecified atom stereocenters. The van der Waals surface area contributed by atoms with Crippen LogP contribution in [0.3, 0.4) is 0 Å². The Labute approximate surface area is 64.0 Å². The smallest absolute Gasteiger partial charge is 0.338 e. The van der Waals surface area contributed by atoms with Crippen LogP contribution in [0.5, 0.6) is 0 Å². The lowest BCUT2D eigenvalue weighted by molar-refractivity contribution is -0.138. The molecule has 1 fully saturated rings. The van der Waals surface area contributed by atoms with Gasteiger partial charge in [0.2, 0.25) is 0 Å². The second-order valence-corrected chi connectivity index (χ2v) is 2.72. The van der Waals surface area contributed by atoms with Gasteiger partial charge in [0.05, 0.1) is 11.8 Å². The van der Waals surface area contributed by atoms with Crippen molar-refractivity contribution in [3.05, 3.63) is 24.0 Å². The lowest BCUT2D eigenvalue weighted by Gasteiger charge is -2.03. The number of hydrogen-bond donors (Lipinski definition) is 1. The van der Waals surface area contributed by atoms with E-state index in [1.165, 1.54) is 0 Å². The van der Waals surface area contributed by atoms with Crippen molar-refractivity contribution < 1.29 is 14.6 Å². The summed E-state index contributed by atoms with van der Waals surface area (Å²) in [6, 6.07) is 0. The van der Waals surface area contributed by atoms with Gasteiger partial charge >= 0.3 is 5.97 Å². The summed E-state index contributed by atoms with van der Waals surface area (Å²) in [6.07, 6.45) is 5.43. The summed E-state index contributed by atoms with van der Waals surface area (Å²) >= 11 is 0. The van der Waals surface area contributed by atoms with Gasteiger partial charge in [-0.3, -0.25) is 0 Å². The van der Waals surface area contributed by atoms with Crippen LogP contribution < -0.4 is 0 Å². The number of hydrogen-bond acceptors (Lipinski definition) is 3. The molecule has 3 nitrogen and oxygen atoms in total. The zero-order chi connectivity index (χ0) is 7.84. The van der Waals surface area contributed by atoms with Gasteiger partial charge in [0.1, 0.15) is 6.10 Å². The molecule has 1 heterocycles. The quantitative estimate of drug-likeness (QED) is 0.243. The Morgan fingerprint density at radius 1 is 1.73 bits per heavy atom. The SMILES string of the molecule is O=C1O[C@H]2CC=C[C@H]2/C1=C/O. The highest BCUT2D eigenvalue weighted by molar-refractivity contribution is 5.92. The summed E-state index contributed by atoms with van der Waals surface area (Å²) in [6.45, 7) is 0. The first-order valence-corrected chi connectivity index (χ1v) is 3.55. The minimum Gasteiger partial charge on any atom is -0.515 e. The van der Waals surface area contributed by atoms with Crippen LogP contribution in [0.4, 0.5) is 0 Å². The van der Waals surface area contributed by atoms with Gasteiger partial charge in [-0.25, -0.2) is 4.79 Å². The number of fused-ring (bicyclic) bond motifs is 1. The van der Waals surface area contributed by atoms with Gasteiger partial charge in [-0.2, -0.15) is 0 Å². The van der Waals surface area contributed by atoms with Gasteiger partial charge in [0.15, 0.2) is 0 Å². The average molecular weight is 152 g/mol. The molecule has 1 aliphatic carbocycles. The first-order chi connectivity index (χ1) is 5.33. The minimum absolute atomic E-state index is 0.00694. The van der Waals surface area contributed by atoms with Crippen molar-refractivity contribution in [3.63, 3.8) is 0 Å². The van der Waals surface area contributed by atoms with E-state index in [0.29, 0.717) is 5.57 Å². The first kappa shape index (κ1) is 6.46. The number of rotatable bonds is 0. The molecule has 58 valence electrons. The first-order valence-electron chi connectivity index (χ1n) is 3.55. The number of esters is 1. The van der Waals surface area contributed by atoms with E-state index < -0.39 is 0 Å². The molecule has 0 radical (unpaired) electrons. The molecule has 2 aliphatic rings. The Morgan fingerprint density at radius 3 is 3.27 bits per heavy atom. The fourth-order valence-corrected chi connectivity index (χ4v) is 1.54. The molecule has 0 saturated carbocycles. The second kappa shape index (κ2) is 2.12. The average Bonchev–Trinajstić information content (AvgIpc) is 2.46. The van der Waals surface area contributed by atoms with Crippen LogP contribution in [-0.4, -0.2) is 17.2 Å². The summed E-state index contributed by atoms with van der Waals surface area (Å²) in [7, 11) is 0. The largest absolute Gasteiger partial charge is 0.515 e. The third-order valence-corrected chi connectivity index (χ3v) is 2.10. The van der Waals surface area contributed by atoms with E-state index in [1.54, 1.807) is 0 Å². The maximum Gasteiger partial charge on any atom is 0.338 e. The van der Waals surface area contributed by atoms with E-state index in [-0.39, 0.29) is 18.0 Å². The molecule has 0 aromatic carbocycles. The Kier molecular flexibility index (Phi) is 1.24. The van der Waals surface area contributed by atoms with E-state index in [4.69, 9.17) is 9.84 Å². The van der Waals surface area contributed by atoms with Crippen molar-refractivity contribution in [1.82, 2.24) is 0 Å². The molecule has 1 saturated heterocycles. The predicted molar refractivity (Wildman–Crippen MR) is 37.8 cm³/mol. The lowest BCUT2D eigenvalue weighted by Crippen LogP contribution is -2.08. The van der Waals surface area contributed by atoms with Gasteiger partial charge in [-0.05, 0) is 0 Å². The maximum absolute atomic E-state index is 10.9. The van der Waals surface area contributed by atoms with Crippen LogP contribution in [-0.2, 0) is 9.53 Å². The molecule has 11 heavy (non-hydrogen) atoms. The Bertz CT molecular complexity index is 252. The van der Waals surface area contributed by atoms with Crippen LogP contribution in [0.2, 0.25) is 0 Å². The van der Waals surface area contributed by atoms with E-state index in [1.807, 2.05) is 12.2 Å². The second-order valence-electron chi connectivity index (χ2n) is 2.72. The Balaban J connectivity index is 2.33. The number of carbonyl (C=O) groups is 1. The third kappa shape index (κ3) is 0.770. The highest BCUT2D eigenvalue weighted by Crippen LogP contribution is 2.34. The molecule has 0 aromatic heterocycles. The van der Waals surface area contributed by atoms with E-state index in [0.717, 1.165) is 12.7 Å². The van der Waals surface area contributed by atoms with Gasteiger partial charge in [-0.1, -0.05) is 12.2 Å². The molecule has 0 amide bonds. The van der Waals surface area contributed by atoms with E-state index in [9.17, 15) is 4.79 Å². The number of aliphatic hydroxyl groups excluding tert-OH is 1. The summed E-state index contributed by atoms with van der Waals surface area (Å²) in [4.78, 5) is 10.9. The third-order valence-electron chi connectivity index (χ3n) is 2.10. The number of aliphatic hydroxyl groups is 1. The van der Waals surface area contributed by atoms with Crippen molar-refractivity contribution in [3.8, 4) is 0 Å². The molecule has 3 heteroatoms. The molecule has 1 aliphatic heterocycles. The van der Waals surface area contributed by atoms with E-state index in [2.05, 4.69) is 0 Å². The van der Waals surface area contributed by atoms with Crippen molar-refractivity contribution in [2.24, 2.45) is 5.92 Å². The Morgan fingerprint density at radius 2 is 2.55 bits per heavy atom. The summed E-state index contributed by atoms with van der Waals surface area (Å²) in [5.74, 6) is -0.389. The van der Waals surface area contributed by atoms with Crippen LogP contribution >= 0.6 is 0 Å². The van der Waals surface area contributed by atoms with Gasteiger partial charge < -0.3 is 9.84 Å². The van der Waals surface area contributed by atoms with Gasteiger partial charge in [0.25, 0.3) is 0 Å². The molecular weight excluding hydrogens is 144 g/mol. The summed E-state index contributed by atoms with van der Waals surface area (Å²) < 4.78 is 4.96. The molecule has 1 N–H and O–H groups in total. The predicted octanol–water partition coefficient (Wildman–Crippen LogP) is 0.930. The summed E-state index contributed by atoms with van der Waals surface area (Å²) in [5.41, 5.74) is 0.378. The highest BCUT2D eigenvalue weighted by Gasteiger charge is 2.40. The highest BCUT2D eigenvalue weighted by atomic mass is 16.6. The monoisotopic (exact) mass is 152 g/mol. The summed E-state index contributed by atoms with van der Waals surface area (Å²) in [5, 5.41) is 8.69. The molecular formula is C8H8O3. The molecule has 0 bridgehead atoms. The van der Waals surface area contributed by atoms with Crippen molar-refractivity contribution in [2.45, 2.75) is 12.5 Å². The number of carbonyl (C=O) groups excluding carboxylic acids is 1. The fraction of sp³-hybridized carbons (Fsp3) is 0.375. The van der Waals surface area contributed by atoms with Gasteiger partial charge in [0, 0.05) is 12.3 Å². The standard InChI is InChI=1S/C8H8O3/c9-4-6-5-2-1-3-7(5)11-8(6)10/h1-2,4-5,7,9H,3H2/b6-4-/t5-,7-/m0/s1.